The summed E-state index contributed by atoms with van der Waals surface area (Å²) in [5.74, 6) is 0.344. The molecule has 2 atom stereocenters. The van der Waals surface area contributed by atoms with Gasteiger partial charge < -0.3 is 9.64 Å². The van der Waals surface area contributed by atoms with E-state index in [1.54, 1.807) is 6.20 Å². The summed E-state index contributed by atoms with van der Waals surface area (Å²) in [6, 6.07) is 1.99. The maximum Gasteiger partial charge on any atom is 0.273 e. The van der Waals surface area contributed by atoms with Gasteiger partial charge in [0.2, 0.25) is 0 Å². The molecule has 1 aliphatic rings. The topological polar surface area (TPSA) is 71.1 Å². The quantitative estimate of drug-likeness (QED) is 0.912. The van der Waals surface area contributed by atoms with Crippen LogP contribution in [0.4, 0.5) is 0 Å². The van der Waals surface area contributed by atoms with E-state index in [9.17, 15) is 4.79 Å². The second-order valence-electron chi connectivity index (χ2n) is 5.77. The maximum atomic E-state index is 12.7. The minimum absolute atomic E-state index is 0.0143. The predicted octanol–water partition coefficient (Wildman–Crippen LogP) is 2.98. The first-order chi connectivity index (χ1) is 11.2. The molecule has 1 saturated heterocycles. The summed E-state index contributed by atoms with van der Waals surface area (Å²) >= 11 is 1.49. The van der Waals surface area contributed by atoms with Crippen LogP contribution >= 0.6 is 11.3 Å². The van der Waals surface area contributed by atoms with Gasteiger partial charge in [-0.25, -0.2) is 4.98 Å². The number of piperidine rings is 1. The second kappa shape index (κ2) is 7.23. The summed E-state index contributed by atoms with van der Waals surface area (Å²) in [6.07, 6.45) is 3.78. The van der Waals surface area contributed by atoms with Crippen molar-refractivity contribution in [3.8, 4) is 0 Å². The van der Waals surface area contributed by atoms with E-state index in [4.69, 9.17) is 4.74 Å². The average molecular weight is 334 g/mol. The minimum Gasteiger partial charge on any atom is -0.372 e. The largest absolute Gasteiger partial charge is 0.372 e. The Hall–Kier alpha value is -1.73. The Morgan fingerprint density at radius 1 is 1.61 bits per heavy atom. The summed E-state index contributed by atoms with van der Waals surface area (Å²) in [4.78, 5) is 19.1. The van der Waals surface area contributed by atoms with Gasteiger partial charge in [-0.2, -0.15) is 5.10 Å². The Morgan fingerprint density at radius 3 is 3.22 bits per heavy atom. The number of ether oxygens (including phenoxy) is 1. The minimum atomic E-state index is -0.0642. The molecule has 0 bridgehead atoms. The van der Waals surface area contributed by atoms with Crippen LogP contribution in [-0.2, 0) is 4.74 Å². The number of nitrogens with one attached hydrogen (secondary N) is 1. The molecule has 3 heterocycles. The van der Waals surface area contributed by atoms with Gasteiger partial charge in [0.25, 0.3) is 5.91 Å². The number of aromatic nitrogens is 3. The highest BCUT2D eigenvalue weighted by Gasteiger charge is 2.27. The third-order valence-corrected chi connectivity index (χ3v) is 5.18. The number of hydrogen-bond acceptors (Lipinski definition) is 5. The number of nitrogens with zero attached hydrogens (tertiary/aromatic N) is 3. The molecular weight excluding hydrogens is 312 g/mol. The number of likely N-dealkylation sites (tertiary alicyclic amines) is 1. The fourth-order valence-electron chi connectivity index (χ4n) is 2.97. The highest BCUT2D eigenvalue weighted by atomic mass is 32.1. The lowest BCUT2D eigenvalue weighted by atomic mass is 9.95. The molecule has 1 N–H and O–H groups in total. The Labute approximate surface area is 139 Å². The van der Waals surface area contributed by atoms with Crippen LogP contribution < -0.4 is 0 Å². The molecule has 1 aliphatic heterocycles. The van der Waals surface area contributed by atoms with Gasteiger partial charge in [0.15, 0.2) is 0 Å². The van der Waals surface area contributed by atoms with Gasteiger partial charge in [0, 0.05) is 42.9 Å². The van der Waals surface area contributed by atoms with Crippen LogP contribution in [0.25, 0.3) is 0 Å². The van der Waals surface area contributed by atoms with Gasteiger partial charge in [-0.05, 0) is 32.8 Å². The number of carbonyl (C=O) groups excluding carboxylic acids is 1. The van der Waals surface area contributed by atoms with Crippen molar-refractivity contribution in [1.82, 2.24) is 20.1 Å². The fourth-order valence-corrected chi connectivity index (χ4v) is 3.76. The molecule has 0 radical (unpaired) electrons. The molecule has 3 rings (SSSR count). The average Bonchev–Trinajstić information content (AvgIpc) is 3.26. The highest BCUT2D eigenvalue weighted by molar-refractivity contribution is 7.09. The van der Waals surface area contributed by atoms with E-state index in [1.807, 2.05) is 30.2 Å². The molecular formula is C16H22N4O2S. The summed E-state index contributed by atoms with van der Waals surface area (Å²) in [5, 5.41) is 9.73. The lowest BCUT2D eigenvalue weighted by Crippen LogP contribution is -2.39. The van der Waals surface area contributed by atoms with E-state index in [2.05, 4.69) is 15.2 Å². The number of hydrogen-bond donors (Lipinski definition) is 1. The number of H-pyrrole nitrogens is 1. The Morgan fingerprint density at radius 2 is 2.48 bits per heavy atom. The molecule has 124 valence electrons. The Kier molecular flexibility index (Phi) is 5.07. The summed E-state index contributed by atoms with van der Waals surface area (Å²) in [7, 11) is 0. The van der Waals surface area contributed by atoms with E-state index < -0.39 is 0 Å². The molecule has 0 aromatic carbocycles. The summed E-state index contributed by atoms with van der Waals surface area (Å²) in [6.45, 7) is 6.07. The molecule has 1 amide bonds. The lowest BCUT2D eigenvalue weighted by Gasteiger charge is -2.31. The van der Waals surface area contributed by atoms with Gasteiger partial charge in [-0.1, -0.05) is 0 Å². The zero-order valence-electron chi connectivity index (χ0n) is 13.5. The predicted molar refractivity (Wildman–Crippen MR) is 88.6 cm³/mol. The van der Waals surface area contributed by atoms with Crippen molar-refractivity contribution in [3.05, 3.63) is 34.0 Å². The first-order valence-corrected chi connectivity index (χ1v) is 8.92. The molecule has 7 heteroatoms. The lowest BCUT2D eigenvalue weighted by molar-refractivity contribution is 0.0691. The van der Waals surface area contributed by atoms with E-state index in [1.165, 1.54) is 11.3 Å². The van der Waals surface area contributed by atoms with Gasteiger partial charge >= 0.3 is 0 Å². The molecule has 0 aliphatic carbocycles. The fraction of sp³-hybridized carbons (Fsp3) is 0.562. The molecule has 0 spiro atoms. The van der Waals surface area contributed by atoms with Gasteiger partial charge in [0.05, 0.1) is 0 Å². The maximum absolute atomic E-state index is 12.7. The molecule has 23 heavy (non-hydrogen) atoms. The van der Waals surface area contributed by atoms with Crippen molar-refractivity contribution in [2.24, 2.45) is 0 Å². The van der Waals surface area contributed by atoms with Crippen molar-refractivity contribution in [2.75, 3.05) is 19.7 Å². The van der Waals surface area contributed by atoms with Crippen LogP contribution in [0.5, 0.6) is 0 Å². The van der Waals surface area contributed by atoms with E-state index in [0.717, 1.165) is 36.6 Å². The van der Waals surface area contributed by atoms with Crippen LogP contribution in [0.15, 0.2) is 17.6 Å². The van der Waals surface area contributed by atoms with Crippen LogP contribution in [0.2, 0.25) is 0 Å². The molecule has 2 aromatic heterocycles. The number of amides is 1. The zero-order chi connectivity index (χ0) is 16.2. The standard InChI is InChI=1S/C16H22N4O2S/c1-3-22-11(2)15-18-14(10-23-15)16(21)20-8-4-5-12(9-20)13-6-7-17-19-13/h6-7,10-12H,3-5,8-9H2,1-2H3,(H,17,19). The summed E-state index contributed by atoms with van der Waals surface area (Å²) < 4.78 is 5.54. The molecule has 1 fully saturated rings. The molecule has 6 nitrogen and oxygen atoms in total. The number of thiazole rings is 1. The first-order valence-electron chi connectivity index (χ1n) is 8.04. The smallest absolute Gasteiger partial charge is 0.273 e. The third kappa shape index (κ3) is 3.61. The van der Waals surface area contributed by atoms with Crippen molar-refractivity contribution >= 4 is 17.2 Å². The molecule has 0 saturated carbocycles. The van der Waals surface area contributed by atoms with Crippen LogP contribution in [0, 0.1) is 0 Å². The number of rotatable bonds is 5. The normalized spacial score (nSPS) is 19.7. The van der Waals surface area contributed by atoms with Gasteiger partial charge in [-0.3, -0.25) is 9.89 Å². The van der Waals surface area contributed by atoms with Gasteiger partial charge in [0.1, 0.15) is 16.8 Å². The Bertz CT molecular complexity index is 640. The van der Waals surface area contributed by atoms with Crippen molar-refractivity contribution in [3.63, 3.8) is 0 Å². The van der Waals surface area contributed by atoms with Crippen LogP contribution in [-0.4, -0.2) is 45.7 Å². The molecule has 2 aromatic rings. The zero-order valence-corrected chi connectivity index (χ0v) is 14.3. The number of aromatic amines is 1. The SMILES string of the molecule is CCOC(C)c1nc(C(=O)N2CCCC(c3ccn[nH]3)C2)cs1. The van der Waals surface area contributed by atoms with E-state index >= 15 is 0 Å². The highest BCUT2D eigenvalue weighted by Crippen LogP contribution is 2.27. The monoisotopic (exact) mass is 334 g/mol. The third-order valence-electron chi connectivity index (χ3n) is 4.18. The first kappa shape index (κ1) is 16.1. The van der Waals surface area contributed by atoms with E-state index in [-0.39, 0.29) is 12.0 Å². The van der Waals surface area contributed by atoms with E-state index in [0.29, 0.717) is 18.2 Å². The van der Waals surface area contributed by atoms with Crippen LogP contribution in [0.3, 0.4) is 0 Å². The molecule has 2 unspecified atom stereocenters. The number of carbonyl (C=O) groups is 1. The van der Waals surface area contributed by atoms with Crippen LogP contribution in [0.1, 0.15) is 59.9 Å². The summed E-state index contributed by atoms with van der Waals surface area (Å²) in [5.41, 5.74) is 1.63. The van der Waals surface area contributed by atoms with Crippen molar-refractivity contribution in [2.45, 2.75) is 38.7 Å². The van der Waals surface area contributed by atoms with Crippen molar-refractivity contribution < 1.29 is 9.53 Å². The van der Waals surface area contributed by atoms with Gasteiger partial charge in [-0.15, -0.1) is 11.3 Å². The second-order valence-corrected chi connectivity index (χ2v) is 6.66. The Balaban J connectivity index is 1.68. The van der Waals surface area contributed by atoms with Crippen molar-refractivity contribution in [1.29, 1.82) is 0 Å².